The lowest BCUT2D eigenvalue weighted by Crippen LogP contribution is -2.45. The third kappa shape index (κ3) is 3.67. The van der Waals surface area contributed by atoms with Gasteiger partial charge in [0.25, 0.3) is 0 Å². The van der Waals surface area contributed by atoms with Crippen molar-refractivity contribution in [3.63, 3.8) is 0 Å². The second kappa shape index (κ2) is 6.67. The minimum absolute atomic E-state index is 0.0565. The molecule has 0 saturated carbocycles. The van der Waals surface area contributed by atoms with Crippen molar-refractivity contribution in [2.75, 3.05) is 32.7 Å². The number of likely N-dealkylation sites (tertiary alicyclic amines) is 1. The Kier molecular flexibility index (Phi) is 5.17. The third-order valence-electron chi connectivity index (χ3n) is 4.56. The fraction of sp³-hybridized carbons (Fsp3) is 0.812. The highest BCUT2D eigenvalue weighted by molar-refractivity contribution is 5.82. The zero-order valence-electron chi connectivity index (χ0n) is 12.9. The van der Waals surface area contributed by atoms with Crippen LogP contribution < -0.4 is 0 Å². The van der Waals surface area contributed by atoms with Gasteiger partial charge in [0.1, 0.15) is 5.66 Å². The van der Waals surface area contributed by atoms with Gasteiger partial charge < -0.3 is 4.90 Å². The predicted molar refractivity (Wildman–Crippen MR) is 82.8 cm³/mol. The fourth-order valence-corrected chi connectivity index (χ4v) is 3.12. The lowest BCUT2D eigenvalue weighted by atomic mass is 10.0. The van der Waals surface area contributed by atoms with E-state index in [-0.39, 0.29) is 5.66 Å². The lowest BCUT2D eigenvalue weighted by molar-refractivity contribution is 0.127. The second-order valence-electron chi connectivity index (χ2n) is 5.90. The van der Waals surface area contributed by atoms with Crippen LogP contribution in [0.15, 0.2) is 16.6 Å². The van der Waals surface area contributed by atoms with Crippen LogP contribution in [0.4, 0.5) is 0 Å². The summed E-state index contributed by atoms with van der Waals surface area (Å²) >= 11 is 0. The van der Waals surface area contributed by atoms with E-state index in [0.717, 1.165) is 26.1 Å². The average molecular weight is 263 g/mol. The van der Waals surface area contributed by atoms with Crippen LogP contribution in [-0.2, 0) is 0 Å². The van der Waals surface area contributed by atoms with Crippen LogP contribution in [0, 0.1) is 0 Å². The number of hydrogen-bond acceptors (Lipinski definition) is 3. The molecule has 1 saturated heterocycles. The van der Waals surface area contributed by atoms with Crippen molar-refractivity contribution in [1.82, 2.24) is 9.80 Å². The Bertz CT molecular complexity index is 338. The summed E-state index contributed by atoms with van der Waals surface area (Å²) in [5.41, 5.74) is 1.36. The molecule has 3 nitrogen and oxygen atoms in total. The van der Waals surface area contributed by atoms with E-state index in [0.29, 0.717) is 0 Å². The zero-order chi connectivity index (χ0) is 13.7. The Morgan fingerprint density at radius 1 is 1.21 bits per heavy atom. The van der Waals surface area contributed by atoms with E-state index in [1.807, 2.05) is 0 Å². The Labute approximate surface area is 118 Å². The molecule has 0 aromatic rings. The molecule has 1 fully saturated rings. The summed E-state index contributed by atoms with van der Waals surface area (Å²) in [5.74, 6) is 0. The summed E-state index contributed by atoms with van der Waals surface area (Å²) in [6.07, 6.45) is 9.67. The van der Waals surface area contributed by atoms with Gasteiger partial charge in [-0.3, -0.25) is 9.89 Å². The van der Waals surface area contributed by atoms with Crippen LogP contribution in [0.2, 0.25) is 0 Å². The van der Waals surface area contributed by atoms with Crippen LogP contribution in [-0.4, -0.2) is 54.4 Å². The van der Waals surface area contributed by atoms with Gasteiger partial charge in [-0.25, -0.2) is 0 Å². The van der Waals surface area contributed by atoms with Gasteiger partial charge in [0.05, 0.1) is 0 Å². The minimum atomic E-state index is -0.0565. The van der Waals surface area contributed by atoms with Crippen LogP contribution in [0.3, 0.4) is 0 Å². The Morgan fingerprint density at radius 3 is 2.53 bits per heavy atom. The maximum atomic E-state index is 4.79. The van der Waals surface area contributed by atoms with E-state index in [1.165, 1.54) is 37.9 Å². The van der Waals surface area contributed by atoms with Gasteiger partial charge in [-0.15, -0.1) is 0 Å². The monoisotopic (exact) mass is 263 g/mol. The van der Waals surface area contributed by atoms with Crippen LogP contribution in [0.1, 0.15) is 46.5 Å². The molecule has 0 radical (unpaired) electrons. The molecular formula is C16H29N3. The highest BCUT2D eigenvalue weighted by atomic mass is 15.3. The molecule has 3 heteroatoms. The number of piperidine rings is 1. The van der Waals surface area contributed by atoms with Crippen LogP contribution in [0.25, 0.3) is 0 Å². The van der Waals surface area contributed by atoms with E-state index >= 15 is 0 Å². The number of rotatable bonds is 6. The van der Waals surface area contributed by atoms with E-state index in [1.54, 1.807) is 0 Å². The largest absolute Gasteiger partial charge is 0.304 e. The fourth-order valence-electron chi connectivity index (χ4n) is 3.12. The van der Waals surface area contributed by atoms with Crippen molar-refractivity contribution in [2.45, 2.75) is 52.1 Å². The van der Waals surface area contributed by atoms with E-state index in [9.17, 15) is 0 Å². The van der Waals surface area contributed by atoms with Gasteiger partial charge in [0, 0.05) is 25.8 Å². The van der Waals surface area contributed by atoms with Crippen molar-refractivity contribution < 1.29 is 0 Å². The third-order valence-corrected chi connectivity index (χ3v) is 4.56. The summed E-state index contributed by atoms with van der Waals surface area (Å²) < 4.78 is 0. The first kappa shape index (κ1) is 14.7. The van der Waals surface area contributed by atoms with Crippen molar-refractivity contribution >= 4 is 6.21 Å². The van der Waals surface area contributed by atoms with Crippen molar-refractivity contribution in [3.8, 4) is 0 Å². The van der Waals surface area contributed by atoms with Crippen LogP contribution in [0.5, 0.6) is 0 Å². The van der Waals surface area contributed by atoms with E-state index in [4.69, 9.17) is 4.99 Å². The molecule has 0 aromatic carbocycles. The van der Waals surface area contributed by atoms with Crippen molar-refractivity contribution in [1.29, 1.82) is 0 Å². The van der Waals surface area contributed by atoms with Gasteiger partial charge in [-0.05, 0) is 50.9 Å². The predicted octanol–water partition coefficient (Wildman–Crippen LogP) is 2.93. The van der Waals surface area contributed by atoms with Crippen molar-refractivity contribution in [2.24, 2.45) is 4.99 Å². The SMILES string of the molecule is CCN(CC)CCC1=CC(C)(N2CCCCC2)N=C1. The summed E-state index contributed by atoms with van der Waals surface area (Å²) in [6.45, 7) is 12.6. The van der Waals surface area contributed by atoms with Gasteiger partial charge in [0.15, 0.2) is 0 Å². The topological polar surface area (TPSA) is 18.8 Å². The molecule has 2 aliphatic heterocycles. The summed E-state index contributed by atoms with van der Waals surface area (Å²) in [6, 6.07) is 0. The highest BCUT2D eigenvalue weighted by Crippen LogP contribution is 2.28. The van der Waals surface area contributed by atoms with E-state index < -0.39 is 0 Å². The van der Waals surface area contributed by atoms with Crippen molar-refractivity contribution in [3.05, 3.63) is 11.6 Å². The molecule has 0 amide bonds. The molecule has 1 unspecified atom stereocenters. The van der Waals surface area contributed by atoms with Gasteiger partial charge in [-0.2, -0.15) is 0 Å². The van der Waals surface area contributed by atoms with Gasteiger partial charge >= 0.3 is 0 Å². The Hall–Kier alpha value is -0.670. The molecule has 0 aromatic heterocycles. The summed E-state index contributed by atoms with van der Waals surface area (Å²) in [4.78, 5) is 9.81. The highest BCUT2D eigenvalue weighted by Gasteiger charge is 2.32. The summed E-state index contributed by atoms with van der Waals surface area (Å²) in [5, 5.41) is 0. The normalized spacial score (nSPS) is 28.1. The molecule has 0 spiro atoms. The number of aliphatic imine (C=N–C) groups is 1. The number of nitrogens with zero attached hydrogens (tertiary/aromatic N) is 3. The molecule has 1 atom stereocenters. The molecule has 2 heterocycles. The maximum absolute atomic E-state index is 4.79. The number of hydrogen-bond donors (Lipinski definition) is 0. The lowest BCUT2D eigenvalue weighted by Gasteiger charge is -2.37. The van der Waals surface area contributed by atoms with Gasteiger partial charge in [-0.1, -0.05) is 20.3 Å². The first-order chi connectivity index (χ1) is 9.18. The zero-order valence-corrected chi connectivity index (χ0v) is 12.9. The molecule has 19 heavy (non-hydrogen) atoms. The van der Waals surface area contributed by atoms with Crippen LogP contribution >= 0.6 is 0 Å². The average Bonchev–Trinajstić information content (AvgIpc) is 2.84. The molecule has 2 rings (SSSR count). The first-order valence-electron chi connectivity index (χ1n) is 7.92. The molecule has 2 aliphatic rings. The Morgan fingerprint density at radius 2 is 1.89 bits per heavy atom. The molecular weight excluding hydrogens is 234 g/mol. The smallest absolute Gasteiger partial charge is 0.129 e. The standard InChI is InChI=1S/C16H29N3/c1-4-18(5-2)12-9-15-13-16(3,17-14-15)19-10-7-6-8-11-19/h13-14H,4-12H2,1-3H3. The minimum Gasteiger partial charge on any atom is -0.304 e. The molecule has 0 bridgehead atoms. The quantitative estimate of drug-likeness (QED) is 0.734. The first-order valence-corrected chi connectivity index (χ1v) is 7.92. The Balaban J connectivity index is 1.90. The second-order valence-corrected chi connectivity index (χ2v) is 5.90. The maximum Gasteiger partial charge on any atom is 0.129 e. The molecule has 0 aliphatic carbocycles. The summed E-state index contributed by atoms with van der Waals surface area (Å²) in [7, 11) is 0. The molecule has 0 N–H and O–H groups in total. The van der Waals surface area contributed by atoms with Gasteiger partial charge in [0.2, 0.25) is 0 Å². The van der Waals surface area contributed by atoms with E-state index in [2.05, 4.69) is 42.9 Å². The molecule has 108 valence electrons.